The van der Waals surface area contributed by atoms with Crippen molar-refractivity contribution in [2.45, 2.75) is 13.5 Å². The van der Waals surface area contributed by atoms with Crippen LogP contribution < -0.4 is 0 Å². The third-order valence-corrected chi connectivity index (χ3v) is 4.64. The van der Waals surface area contributed by atoms with E-state index in [1.54, 1.807) is 23.1 Å². The highest BCUT2D eigenvalue weighted by Crippen LogP contribution is 2.14. The number of aryl methyl sites for hydroxylation is 1. The molecular weight excluding hydrogens is 331 g/mol. The first-order valence-corrected chi connectivity index (χ1v) is 9.03. The zero-order valence-corrected chi connectivity index (χ0v) is 15.2. The van der Waals surface area contributed by atoms with Gasteiger partial charge in [0.15, 0.2) is 0 Å². The van der Waals surface area contributed by atoms with Crippen molar-refractivity contribution in [2.24, 2.45) is 0 Å². The van der Waals surface area contributed by atoms with Crippen molar-refractivity contribution < 1.29 is 13.9 Å². The van der Waals surface area contributed by atoms with Crippen molar-refractivity contribution in [1.29, 1.82) is 0 Å². The Morgan fingerprint density at radius 3 is 2.65 bits per heavy atom. The summed E-state index contributed by atoms with van der Waals surface area (Å²) < 4.78 is 19.5. The number of rotatable bonds is 6. The lowest BCUT2D eigenvalue weighted by atomic mass is 10.1. The molecule has 0 spiro atoms. The van der Waals surface area contributed by atoms with E-state index < -0.39 is 5.82 Å². The first-order valence-electron chi connectivity index (χ1n) is 9.03. The summed E-state index contributed by atoms with van der Waals surface area (Å²) in [6.07, 6.45) is 0. The van der Waals surface area contributed by atoms with Crippen molar-refractivity contribution >= 4 is 5.91 Å². The Hall–Kier alpha value is -2.24. The van der Waals surface area contributed by atoms with Gasteiger partial charge in [-0.15, -0.1) is 0 Å². The number of benzene rings is 2. The Morgan fingerprint density at radius 1 is 1.15 bits per heavy atom. The van der Waals surface area contributed by atoms with E-state index in [1.807, 2.05) is 25.1 Å². The van der Waals surface area contributed by atoms with Crippen molar-refractivity contribution in [1.82, 2.24) is 9.80 Å². The summed E-state index contributed by atoms with van der Waals surface area (Å²) in [5.41, 5.74) is 2.33. The zero-order chi connectivity index (χ0) is 18.4. The van der Waals surface area contributed by atoms with E-state index in [0.29, 0.717) is 13.1 Å². The fourth-order valence-electron chi connectivity index (χ4n) is 3.18. The van der Waals surface area contributed by atoms with E-state index in [0.717, 1.165) is 44.0 Å². The minimum absolute atomic E-state index is 0.127. The lowest BCUT2D eigenvalue weighted by molar-refractivity contribution is 0.0320. The average molecular weight is 356 g/mol. The molecule has 1 saturated heterocycles. The molecule has 0 unspecified atom stereocenters. The lowest BCUT2D eigenvalue weighted by Crippen LogP contribution is -2.43. The average Bonchev–Trinajstić information content (AvgIpc) is 2.66. The van der Waals surface area contributed by atoms with Crippen LogP contribution in [0.2, 0.25) is 0 Å². The number of carbonyl (C=O) groups is 1. The second-order valence-electron chi connectivity index (χ2n) is 6.65. The molecule has 3 rings (SSSR count). The van der Waals surface area contributed by atoms with Crippen LogP contribution in [0.5, 0.6) is 0 Å². The molecular formula is C21H25FN2O2. The molecule has 0 saturated carbocycles. The van der Waals surface area contributed by atoms with Crippen LogP contribution in [0.1, 0.15) is 21.5 Å². The lowest BCUT2D eigenvalue weighted by Gasteiger charge is -2.30. The second kappa shape index (κ2) is 8.92. The topological polar surface area (TPSA) is 32.8 Å². The highest BCUT2D eigenvalue weighted by molar-refractivity contribution is 5.94. The van der Waals surface area contributed by atoms with E-state index >= 15 is 0 Å². The first-order chi connectivity index (χ1) is 12.6. The smallest absolute Gasteiger partial charge is 0.257 e. The summed E-state index contributed by atoms with van der Waals surface area (Å²) in [7, 11) is 0. The second-order valence-corrected chi connectivity index (χ2v) is 6.65. The van der Waals surface area contributed by atoms with Gasteiger partial charge < -0.3 is 9.64 Å². The zero-order valence-electron chi connectivity index (χ0n) is 15.2. The maximum atomic E-state index is 14.1. The van der Waals surface area contributed by atoms with E-state index in [2.05, 4.69) is 11.0 Å². The Balaban J connectivity index is 1.75. The van der Waals surface area contributed by atoms with Gasteiger partial charge >= 0.3 is 0 Å². The molecule has 1 amide bonds. The number of amides is 1. The van der Waals surface area contributed by atoms with Gasteiger partial charge in [0.1, 0.15) is 5.82 Å². The number of carbonyl (C=O) groups excluding carboxylic acids is 1. The van der Waals surface area contributed by atoms with Gasteiger partial charge in [0.05, 0.1) is 18.8 Å². The van der Waals surface area contributed by atoms with Gasteiger partial charge in [-0.3, -0.25) is 9.69 Å². The van der Waals surface area contributed by atoms with Crippen LogP contribution in [-0.4, -0.2) is 55.1 Å². The molecule has 0 atom stereocenters. The van der Waals surface area contributed by atoms with Gasteiger partial charge in [-0.2, -0.15) is 0 Å². The molecule has 26 heavy (non-hydrogen) atoms. The number of morpholine rings is 1. The van der Waals surface area contributed by atoms with Crippen LogP contribution in [0, 0.1) is 12.7 Å². The van der Waals surface area contributed by atoms with Gasteiger partial charge in [0.2, 0.25) is 0 Å². The molecule has 2 aromatic rings. The number of hydrogen-bond donors (Lipinski definition) is 0. The van der Waals surface area contributed by atoms with Gasteiger partial charge in [-0.1, -0.05) is 42.0 Å². The quantitative estimate of drug-likeness (QED) is 0.797. The first kappa shape index (κ1) is 18.5. The standard InChI is InChI=1S/C21H25FN2O2/c1-17-5-4-6-18(15-17)16-24(10-9-23-11-13-26-14-12-23)21(25)19-7-2-3-8-20(19)22/h2-8,15H,9-14,16H2,1H3. The number of ether oxygens (including phenoxy) is 1. The molecule has 0 radical (unpaired) electrons. The van der Waals surface area contributed by atoms with Crippen LogP contribution in [0.3, 0.4) is 0 Å². The predicted octanol–water partition coefficient (Wildman–Crippen LogP) is 3.11. The predicted molar refractivity (Wildman–Crippen MR) is 99.6 cm³/mol. The van der Waals surface area contributed by atoms with E-state index in [1.165, 1.54) is 6.07 Å². The molecule has 5 heteroatoms. The van der Waals surface area contributed by atoms with Crippen molar-refractivity contribution in [3.63, 3.8) is 0 Å². The summed E-state index contributed by atoms with van der Waals surface area (Å²) in [5.74, 6) is -0.740. The third-order valence-electron chi connectivity index (χ3n) is 4.64. The maximum absolute atomic E-state index is 14.1. The normalized spacial score (nSPS) is 15.0. The Labute approximate surface area is 154 Å². The summed E-state index contributed by atoms with van der Waals surface area (Å²) >= 11 is 0. The van der Waals surface area contributed by atoms with E-state index in [4.69, 9.17) is 4.74 Å². The molecule has 1 fully saturated rings. The number of hydrogen-bond acceptors (Lipinski definition) is 3. The highest BCUT2D eigenvalue weighted by atomic mass is 19.1. The molecule has 0 bridgehead atoms. The molecule has 0 aromatic heterocycles. The molecule has 138 valence electrons. The van der Waals surface area contributed by atoms with Crippen LogP contribution in [0.25, 0.3) is 0 Å². The molecule has 1 heterocycles. The highest BCUT2D eigenvalue weighted by Gasteiger charge is 2.21. The van der Waals surface area contributed by atoms with Gasteiger partial charge in [0.25, 0.3) is 5.91 Å². The van der Waals surface area contributed by atoms with E-state index in [-0.39, 0.29) is 11.5 Å². The number of nitrogens with zero attached hydrogens (tertiary/aromatic N) is 2. The fraction of sp³-hybridized carbons (Fsp3) is 0.381. The van der Waals surface area contributed by atoms with Gasteiger partial charge in [-0.25, -0.2) is 4.39 Å². The monoisotopic (exact) mass is 356 g/mol. The summed E-state index contributed by atoms with van der Waals surface area (Å²) in [6.45, 7) is 6.99. The van der Waals surface area contributed by atoms with Crippen LogP contribution in [0.15, 0.2) is 48.5 Å². The van der Waals surface area contributed by atoms with Crippen molar-refractivity contribution in [3.8, 4) is 0 Å². The number of halogens is 1. The van der Waals surface area contributed by atoms with Crippen LogP contribution >= 0.6 is 0 Å². The van der Waals surface area contributed by atoms with E-state index in [9.17, 15) is 9.18 Å². The maximum Gasteiger partial charge on any atom is 0.257 e. The molecule has 1 aliphatic heterocycles. The molecule has 0 N–H and O–H groups in total. The van der Waals surface area contributed by atoms with Crippen LogP contribution in [0.4, 0.5) is 4.39 Å². The van der Waals surface area contributed by atoms with Crippen molar-refractivity contribution in [3.05, 3.63) is 71.0 Å². The largest absolute Gasteiger partial charge is 0.379 e. The SMILES string of the molecule is Cc1cccc(CN(CCN2CCOCC2)C(=O)c2ccccc2F)c1. The summed E-state index contributed by atoms with van der Waals surface area (Å²) in [5, 5.41) is 0. The Bertz CT molecular complexity index is 744. The van der Waals surface area contributed by atoms with Gasteiger partial charge in [-0.05, 0) is 24.6 Å². The minimum atomic E-state index is -0.474. The molecule has 4 nitrogen and oxygen atoms in total. The molecule has 2 aromatic carbocycles. The minimum Gasteiger partial charge on any atom is -0.379 e. The third kappa shape index (κ3) is 4.90. The summed E-state index contributed by atoms with van der Waals surface area (Å²) in [4.78, 5) is 17.0. The molecule has 1 aliphatic rings. The fourth-order valence-corrected chi connectivity index (χ4v) is 3.18. The van der Waals surface area contributed by atoms with Crippen LogP contribution in [-0.2, 0) is 11.3 Å². The van der Waals surface area contributed by atoms with Gasteiger partial charge in [0, 0.05) is 32.7 Å². The molecule has 0 aliphatic carbocycles. The summed E-state index contributed by atoms with van der Waals surface area (Å²) in [6, 6.07) is 14.3. The Morgan fingerprint density at radius 2 is 1.92 bits per heavy atom. The Kier molecular flexibility index (Phi) is 6.36. The van der Waals surface area contributed by atoms with Crippen molar-refractivity contribution in [2.75, 3.05) is 39.4 Å².